The number of piperazine rings is 1. The average Bonchev–Trinajstić information content (AvgIpc) is 2.62. The lowest BCUT2D eigenvalue weighted by atomic mass is 10.1. The van der Waals surface area contributed by atoms with Crippen LogP contribution in [0.4, 0.5) is 5.82 Å². The van der Waals surface area contributed by atoms with E-state index in [1.807, 2.05) is 19.3 Å². The molecular weight excluding hydrogens is 439 g/mol. The van der Waals surface area contributed by atoms with Crippen molar-refractivity contribution < 1.29 is 0 Å². The van der Waals surface area contributed by atoms with Gasteiger partial charge in [-0.15, -0.1) is 24.0 Å². The lowest BCUT2D eigenvalue weighted by Gasteiger charge is -2.34. The Kier molecular flexibility index (Phi) is 10.9. The molecule has 0 aliphatic carbocycles. The molecule has 1 aromatic rings. The second-order valence-electron chi connectivity index (χ2n) is 7.17. The van der Waals surface area contributed by atoms with E-state index in [0.717, 1.165) is 63.4 Å². The molecule has 1 aromatic heterocycles. The first kappa shape index (κ1) is 23.0. The summed E-state index contributed by atoms with van der Waals surface area (Å²) >= 11 is 0. The van der Waals surface area contributed by atoms with Gasteiger partial charge in [0.15, 0.2) is 5.96 Å². The van der Waals surface area contributed by atoms with Gasteiger partial charge in [0.2, 0.25) is 0 Å². The number of rotatable bonds is 7. The fourth-order valence-corrected chi connectivity index (χ4v) is 2.99. The molecule has 0 radical (unpaired) electrons. The van der Waals surface area contributed by atoms with Crippen molar-refractivity contribution in [1.82, 2.24) is 20.5 Å². The number of pyridine rings is 1. The Morgan fingerprint density at radius 3 is 2.62 bits per heavy atom. The Labute approximate surface area is 175 Å². The maximum Gasteiger partial charge on any atom is 0.191 e. The number of nitrogens with one attached hydrogen (secondary N) is 2. The molecule has 6 nitrogen and oxygen atoms in total. The number of halogens is 1. The minimum atomic E-state index is 0. The van der Waals surface area contributed by atoms with Gasteiger partial charge in [-0.2, -0.15) is 0 Å². The first-order valence-corrected chi connectivity index (χ1v) is 9.42. The lowest BCUT2D eigenvalue weighted by Crippen LogP contribution is -2.45. The average molecular weight is 474 g/mol. The zero-order valence-corrected chi connectivity index (χ0v) is 19.0. The van der Waals surface area contributed by atoms with Crippen LogP contribution >= 0.6 is 24.0 Å². The van der Waals surface area contributed by atoms with E-state index in [4.69, 9.17) is 0 Å². The molecule has 0 amide bonds. The zero-order valence-electron chi connectivity index (χ0n) is 16.7. The second kappa shape index (κ2) is 12.3. The van der Waals surface area contributed by atoms with E-state index in [1.165, 1.54) is 12.0 Å². The summed E-state index contributed by atoms with van der Waals surface area (Å²) in [4.78, 5) is 13.7. The predicted molar refractivity (Wildman–Crippen MR) is 122 cm³/mol. The van der Waals surface area contributed by atoms with E-state index in [1.54, 1.807) is 0 Å². The van der Waals surface area contributed by atoms with Gasteiger partial charge in [-0.05, 0) is 31.9 Å². The van der Waals surface area contributed by atoms with Crippen molar-refractivity contribution in [2.24, 2.45) is 10.9 Å². The van der Waals surface area contributed by atoms with Gasteiger partial charge in [0.1, 0.15) is 5.82 Å². The number of aromatic nitrogens is 1. The van der Waals surface area contributed by atoms with Crippen LogP contribution in [0.25, 0.3) is 0 Å². The van der Waals surface area contributed by atoms with Gasteiger partial charge in [0.05, 0.1) is 0 Å². The first-order chi connectivity index (χ1) is 12.1. The lowest BCUT2D eigenvalue weighted by molar-refractivity contribution is 0.312. The molecule has 148 valence electrons. The normalized spacial score (nSPS) is 15.7. The summed E-state index contributed by atoms with van der Waals surface area (Å²) in [5.41, 5.74) is 1.22. The SMILES string of the molecule is CN=C(NCCCC(C)C)NCc1cccnc1N1CCN(C)CC1.I. The molecular formula is C19H35IN6. The minimum absolute atomic E-state index is 0. The third-order valence-corrected chi connectivity index (χ3v) is 4.59. The van der Waals surface area contributed by atoms with Gasteiger partial charge in [0.25, 0.3) is 0 Å². The third kappa shape index (κ3) is 7.65. The molecule has 0 unspecified atom stereocenters. The molecule has 1 fully saturated rings. The first-order valence-electron chi connectivity index (χ1n) is 9.42. The quantitative estimate of drug-likeness (QED) is 0.276. The smallest absolute Gasteiger partial charge is 0.191 e. The topological polar surface area (TPSA) is 55.8 Å². The summed E-state index contributed by atoms with van der Waals surface area (Å²) in [6.07, 6.45) is 4.29. The van der Waals surface area contributed by atoms with E-state index in [-0.39, 0.29) is 24.0 Å². The monoisotopic (exact) mass is 474 g/mol. The number of guanidine groups is 1. The van der Waals surface area contributed by atoms with Crippen LogP contribution in [0.5, 0.6) is 0 Å². The highest BCUT2D eigenvalue weighted by atomic mass is 127. The van der Waals surface area contributed by atoms with Crippen LogP contribution in [0.3, 0.4) is 0 Å². The highest BCUT2D eigenvalue weighted by Crippen LogP contribution is 2.18. The highest BCUT2D eigenvalue weighted by Gasteiger charge is 2.17. The van der Waals surface area contributed by atoms with Gasteiger partial charge >= 0.3 is 0 Å². The largest absolute Gasteiger partial charge is 0.356 e. The number of likely N-dealkylation sites (N-methyl/N-ethyl adjacent to an activating group) is 1. The van der Waals surface area contributed by atoms with E-state index in [9.17, 15) is 0 Å². The summed E-state index contributed by atoms with van der Waals surface area (Å²) < 4.78 is 0. The summed E-state index contributed by atoms with van der Waals surface area (Å²) in [5, 5.41) is 6.82. The third-order valence-electron chi connectivity index (χ3n) is 4.59. The van der Waals surface area contributed by atoms with Crippen molar-refractivity contribution in [3.63, 3.8) is 0 Å². The predicted octanol–water partition coefficient (Wildman–Crippen LogP) is 2.55. The Bertz CT molecular complexity index is 541. The Balaban J connectivity index is 0.00000338. The number of nitrogens with zero attached hydrogens (tertiary/aromatic N) is 4. The number of aliphatic imine (C=N–C) groups is 1. The van der Waals surface area contributed by atoms with Gasteiger partial charge in [-0.3, -0.25) is 4.99 Å². The molecule has 1 saturated heterocycles. The number of hydrogen-bond donors (Lipinski definition) is 2. The van der Waals surface area contributed by atoms with Crippen molar-refractivity contribution in [2.45, 2.75) is 33.2 Å². The Hall–Kier alpha value is -1.09. The van der Waals surface area contributed by atoms with Crippen molar-refractivity contribution >= 4 is 35.8 Å². The maximum atomic E-state index is 4.63. The van der Waals surface area contributed by atoms with Crippen molar-refractivity contribution in [3.05, 3.63) is 23.9 Å². The van der Waals surface area contributed by atoms with Crippen LogP contribution in [0.15, 0.2) is 23.3 Å². The second-order valence-corrected chi connectivity index (χ2v) is 7.17. The Morgan fingerprint density at radius 2 is 1.96 bits per heavy atom. The number of anilines is 1. The summed E-state index contributed by atoms with van der Waals surface area (Å²) in [7, 11) is 4.00. The molecule has 2 N–H and O–H groups in total. The maximum absolute atomic E-state index is 4.63. The molecule has 0 atom stereocenters. The minimum Gasteiger partial charge on any atom is -0.356 e. The fourth-order valence-electron chi connectivity index (χ4n) is 2.99. The van der Waals surface area contributed by atoms with Crippen molar-refractivity contribution in [2.75, 3.05) is 51.7 Å². The molecule has 1 aliphatic heterocycles. The molecule has 0 saturated carbocycles. The van der Waals surface area contributed by atoms with Crippen molar-refractivity contribution in [1.29, 1.82) is 0 Å². The van der Waals surface area contributed by atoms with Crippen molar-refractivity contribution in [3.8, 4) is 0 Å². The highest BCUT2D eigenvalue weighted by molar-refractivity contribution is 14.0. The zero-order chi connectivity index (χ0) is 18.1. The fraction of sp³-hybridized carbons (Fsp3) is 0.684. The summed E-state index contributed by atoms with van der Waals surface area (Å²) in [6, 6.07) is 4.16. The van der Waals surface area contributed by atoms with Crippen LogP contribution in [0.2, 0.25) is 0 Å². The van der Waals surface area contributed by atoms with E-state index < -0.39 is 0 Å². The standard InChI is InChI=1S/C19H34N6.HI/c1-16(2)7-5-10-22-19(20-3)23-15-17-8-6-9-21-18(17)25-13-11-24(4)12-14-25;/h6,8-9,16H,5,7,10-15H2,1-4H3,(H2,20,22,23);1H. The van der Waals surface area contributed by atoms with Gasteiger partial charge < -0.3 is 20.4 Å². The Morgan fingerprint density at radius 1 is 1.23 bits per heavy atom. The van der Waals surface area contributed by atoms with E-state index >= 15 is 0 Å². The molecule has 1 aliphatic rings. The molecule has 7 heteroatoms. The number of hydrogen-bond acceptors (Lipinski definition) is 4. The van der Waals surface area contributed by atoms with Gasteiger partial charge in [-0.1, -0.05) is 19.9 Å². The van der Waals surface area contributed by atoms with Gasteiger partial charge in [0, 0.05) is 58.1 Å². The molecule has 0 spiro atoms. The van der Waals surface area contributed by atoms with E-state index in [2.05, 4.69) is 57.4 Å². The van der Waals surface area contributed by atoms with E-state index in [0.29, 0.717) is 0 Å². The van der Waals surface area contributed by atoms with Crippen LogP contribution in [0.1, 0.15) is 32.3 Å². The van der Waals surface area contributed by atoms with Gasteiger partial charge in [-0.25, -0.2) is 4.98 Å². The van der Waals surface area contributed by atoms with Crippen LogP contribution in [-0.4, -0.2) is 62.7 Å². The van der Waals surface area contributed by atoms with Crippen LogP contribution in [-0.2, 0) is 6.54 Å². The summed E-state index contributed by atoms with van der Waals surface area (Å²) in [6.45, 7) is 10.4. The molecule has 2 heterocycles. The molecule has 26 heavy (non-hydrogen) atoms. The molecule has 0 bridgehead atoms. The summed E-state index contributed by atoms with van der Waals surface area (Å²) in [5.74, 6) is 2.70. The van der Waals surface area contributed by atoms with Crippen LogP contribution < -0.4 is 15.5 Å². The van der Waals surface area contributed by atoms with Crippen LogP contribution in [0, 0.1) is 5.92 Å². The molecule has 2 rings (SSSR count). The molecule has 0 aromatic carbocycles.